The second-order valence-corrected chi connectivity index (χ2v) is 6.35. The lowest BCUT2D eigenvalue weighted by Gasteiger charge is -2.23. The number of rotatable bonds is 3. The first-order chi connectivity index (χ1) is 8.60. The van der Waals surface area contributed by atoms with Gasteiger partial charge in [0.15, 0.2) is 11.5 Å². The van der Waals surface area contributed by atoms with Gasteiger partial charge in [0, 0.05) is 11.1 Å². The molecule has 0 amide bonds. The van der Waals surface area contributed by atoms with Crippen LogP contribution in [0.2, 0.25) is 10.0 Å². The van der Waals surface area contributed by atoms with E-state index in [9.17, 15) is 4.79 Å². The number of esters is 1. The van der Waals surface area contributed by atoms with Crippen molar-refractivity contribution in [1.29, 1.82) is 0 Å². The number of carbonyl (C=O) groups is 1. The molecule has 106 valence electrons. The number of halogens is 2. The highest BCUT2D eigenvalue weighted by atomic mass is 35.5. The minimum atomic E-state index is -0.451. The molecule has 0 aliphatic rings. The van der Waals surface area contributed by atoms with Crippen molar-refractivity contribution in [2.75, 3.05) is 0 Å². The Morgan fingerprint density at radius 3 is 2.26 bits per heavy atom. The minimum absolute atomic E-state index is 0.208. The van der Waals surface area contributed by atoms with Crippen molar-refractivity contribution >= 4 is 29.2 Å². The first kappa shape index (κ1) is 16.1. The molecule has 0 saturated carbocycles. The van der Waals surface area contributed by atoms with E-state index < -0.39 is 5.60 Å². The molecule has 1 aromatic carbocycles. The van der Waals surface area contributed by atoms with Gasteiger partial charge in [0.2, 0.25) is 0 Å². The first-order valence-corrected chi connectivity index (χ1v) is 6.75. The third-order valence-electron chi connectivity index (χ3n) is 2.06. The van der Waals surface area contributed by atoms with Crippen molar-refractivity contribution in [3.05, 3.63) is 22.2 Å². The third-order valence-corrected chi connectivity index (χ3v) is 2.56. The van der Waals surface area contributed by atoms with Crippen molar-refractivity contribution in [3.8, 4) is 11.5 Å². The zero-order chi connectivity index (χ0) is 14.8. The standard InChI is InChI=1S/C14H18Cl2O3/c1-8(2)13(17)18-12-10(16)6-9(15)7-11(12)19-14(3,4)5/h6-8H,1-5H3. The zero-order valence-corrected chi connectivity index (χ0v) is 13.2. The van der Waals surface area contributed by atoms with Gasteiger partial charge in [-0.25, -0.2) is 0 Å². The van der Waals surface area contributed by atoms with Gasteiger partial charge >= 0.3 is 5.97 Å². The van der Waals surface area contributed by atoms with Gasteiger partial charge in [-0.05, 0) is 26.8 Å². The quantitative estimate of drug-likeness (QED) is 0.598. The maximum atomic E-state index is 11.7. The summed E-state index contributed by atoms with van der Waals surface area (Å²) in [6, 6.07) is 3.10. The van der Waals surface area contributed by atoms with Gasteiger partial charge in [0.05, 0.1) is 10.9 Å². The molecule has 3 nitrogen and oxygen atoms in total. The molecule has 19 heavy (non-hydrogen) atoms. The van der Waals surface area contributed by atoms with Gasteiger partial charge in [0.1, 0.15) is 5.60 Å². The summed E-state index contributed by atoms with van der Waals surface area (Å²) in [7, 11) is 0. The number of ether oxygens (including phenoxy) is 2. The van der Waals surface area contributed by atoms with Crippen LogP contribution in [0.25, 0.3) is 0 Å². The fourth-order valence-corrected chi connectivity index (χ4v) is 1.77. The number of benzene rings is 1. The van der Waals surface area contributed by atoms with E-state index in [1.807, 2.05) is 20.8 Å². The molecule has 0 heterocycles. The lowest BCUT2D eigenvalue weighted by Crippen LogP contribution is -2.24. The van der Waals surface area contributed by atoms with Gasteiger partial charge in [-0.1, -0.05) is 37.0 Å². The number of hydrogen-bond donors (Lipinski definition) is 0. The van der Waals surface area contributed by atoms with E-state index in [4.69, 9.17) is 32.7 Å². The van der Waals surface area contributed by atoms with Crippen LogP contribution in [0.5, 0.6) is 11.5 Å². The summed E-state index contributed by atoms with van der Waals surface area (Å²) in [5.74, 6) is -0.0593. The highest BCUT2D eigenvalue weighted by molar-refractivity contribution is 6.36. The monoisotopic (exact) mass is 304 g/mol. The fraction of sp³-hybridized carbons (Fsp3) is 0.500. The molecule has 0 aliphatic heterocycles. The van der Waals surface area contributed by atoms with Gasteiger partial charge in [-0.3, -0.25) is 4.79 Å². The zero-order valence-electron chi connectivity index (χ0n) is 11.7. The van der Waals surface area contributed by atoms with Crippen LogP contribution < -0.4 is 9.47 Å². The number of hydrogen-bond acceptors (Lipinski definition) is 3. The van der Waals surface area contributed by atoms with E-state index in [1.165, 1.54) is 6.07 Å². The molecule has 0 spiro atoms. The molecular weight excluding hydrogens is 287 g/mol. The Bertz CT molecular complexity index is 476. The van der Waals surface area contributed by atoms with Crippen LogP contribution in [0.3, 0.4) is 0 Å². The number of carbonyl (C=O) groups excluding carboxylic acids is 1. The summed E-state index contributed by atoms with van der Waals surface area (Å²) in [6.45, 7) is 9.15. The van der Waals surface area contributed by atoms with Crippen LogP contribution in [0.15, 0.2) is 12.1 Å². The van der Waals surface area contributed by atoms with Crippen molar-refractivity contribution in [3.63, 3.8) is 0 Å². The average Bonchev–Trinajstić information content (AvgIpc) is 2.20. The molecule has 0 N–H and O–H groups in total. The molecule has 1 rings (SSSR count). The van der Waals surface area contributed by atoms with Gasteiger partial charge in [-0.2, -0.15) is 0 Å². The van der Waals surface area contributed by atoms with Crippen molar-refractivity contribution in [1.82, 2.24) is 0 Å². The second-order valence-electron chi connectivity index (χ2n) is 5.51. The fourth-order valence-electron chi connectivity index (χ4n) is 1.26. The van der Waals surface area contributed by atoms with E-state index in [-0.39, 0.29) is 22.7 Å². The molecule has 0 unspecified atom stereocenters. The van der Waals surface area contributed by atoms with Gasteiger partial charge < -0.3 is 9.47 Å². The summed E-state index contributed by atoms with van der Waals surface area (Å²) in [6.07, 6.45) is 0. The van der Waals surface area contributed by atoms with E-state index in [0.29, 0.717) is 10.8 Å². The van der Waals surface area contributed by atoms with Crippen LogP contribution in [0.4, 0.5) is 0 Å². The van der Waals surface area contributed by atoms with Crippen molar-refractivity contribution in [2.24, 2.45) is 5.92 Å². The predicted molar refractivity (Wildman–Crippen MR) is 77.3 cm³/mol. The highest BCUT2D eigenvalue weighted by Gasteiger charge is 2.21. The van der Waals surface area contributed by atoms with Crippen LogP contribution >= 0.6 is 23.2 Å². The molecule has 0 fully saturated rings. The predicted octanol–water partition coefficient (Wildman–Crippen LogP) is 4.73. The Morgan fingerprint density at radius 1 is 1.21 bits per heavy atom. The Hall–Kier alpha value is -0.930. The Labute approximate surface area is 123 Å². The molecular formula is C14H18Cl2O3. The molecule has 0 saturated heterocycles. The summed E-state index contributed by atoms with van der Waals surface area (Å²) in [5.41, 5.74) is -0.451. The van der Waals surface area contributed by atoms with Crippen molar-refractivity contribution in [2.45, 2.75) is 40.2 Å². The normalized spacial score (nSPS) is 11.6. The second kappa shape index (κ2) is 6.02. The van der Waals surface area contributed by atoms with Gasteiger partial charge in [0.25, 0.3) is 0 Å². The summed E-state index contributed by atoms with van der Waals surface area (Å²) >= 11 is 12.0. The van der Waals surface area contributed by atoms with E-state index in [1.54, 1.807) is 19.9 Å². The molecule has 0 atom stereocenters. The Balaban J connectivity index is 3.17. The molecule has 0 bridgehead atoms. The summed E-state index contributed by atoms with van der Waals surface area (Å²) in [5, 5.41) is 0.675. The Morgan fingerprint density at radius 2 is 1.79 bits per heavy atom. The summed E-state index contributed by atoms with van der Waals surface area (Å²) < 4.78 is 11.0. The van der Waals surface area contributed by atoms with Crippen LogP contribution in [0.1, 0.15) is 34.6 Å². The molecule has 5 heteroatoms. The molecule has 0 aliphatic carbocycles. The molecule has 1 aromatic rings. The molecule has 0 radical (unpaired) electrons. The van der Waals surface area contributed by atoms with Crippen molar-refractivity contribution < 1.29 is 14.3 Å². The first-order valence-electron chi connectivity index (χ1n) is 6.00. The largest absolute Gasteiger partial charge is 0.484 e. The van der Waals surface area contributed by atoms with Crippen LogP contribution in [-0.4, -0.2) is 11.6 Å². The van der Waals surface area contributed by atoms with E-state index in [0.717, 1.165) is 0 Å². The minimum Gasteiger partial charge on any atom is -0.484 e. The lowest BCUT2D eigenvalue weighted by molar-refractivity contribution is -0.137. The van der Waals surface area contributed by atoms with E-state index in [2.05, 4.69) is 0 Å². The maximum Gasteiger partial charge on any atom is 0.313 e. The maximum absolute atomic E-state index is 11.7. The lowest BCUT2D eigenvalue weighted by atomic mass is 10.2. The average molecular weight is 305 g/mol. The topological polar surface area (TPSA) is 35.5 Å². The van der Waals surface area contributed by atoms with Crippen LogP contribution in [0, 0.1) is 5.92 Å². The SMILES string of the molecule is CC(C)C(=O)Oc1c(Cl)cc(Cl)cc1OC(C)(C)C. The Kier molecular flexibility index (Phi) is 5.11. The highest BCUT2D eigenvalue weighted by Crippen LogP contribution is 2.40. The van der Waals surface area contributed by atoms with E-state index >= 15 is 0 Å². The summed E-state index contributed by atoms with van der Waals surface area (Å²) in [4.78, 5) is 11.7. The van der Waals surface area contributed by atoms with Crippen LogP contribution in [-0.2, 0) is 4.79 Å². The smallest absolute Gasteiger partial charge is 0.313 e. The third kappa shape index (κ3) is 4.92. The van der Waals surface area contributed by atoms with Gasteiger partial charge in [-0.15, -0.1) is 0 Å². The molecule has 0 aromatic heterocycles.